The third kappa shape index (κ3) is 4.23. The van der Waals surface area contributed by atoms with Crippen LogP contribution in [0.3, 0.4) is 0 Å². The van der Waals surface area contributed by atoms with Crippen molar-refractivity contribution in [3.8, 4) is 0 Å². The monoisotopic (exact) mass is 275 g/mol. The maximum atomic E-state index is 11.9. The molecule has 1 aliphatic heterocycles. The number of amides is 1. The molecular weight excluding hydrogens is 250 g/mol. The van der Waals surface area contributed by atoms with Crippen molar-refractivity contribution < 1.29 is 4.79 Å². The zero-order chi connectivity index (χ0) is 14.4. The van der Waals surface area contributed by atoms with Crippen molar-refractivity contribution in [3.63, 3.8) is 0 Å². The maximum Gasteiger partial charge on any atom is 0.224 e. The first-order valence-corrected chi connectivity index (χ1v) is 7.55. The SMILES string of the molecule is CC1CCCCN1CCCC(=O)Nc1ccccc1N. The second kappa shape index (κ2) is 7.29. The minimum Gasteiger partial charge on any atom is -0.397 e. The van der Waals surface area contributed by atoms with Crippen molar-refractivity contribution in [1.29, 1.82) is 0 Å². The number of rotatable bonds is 5. The van der Waals surface area contributed by atoms with Crippen LogP contribution in [-0.4, -0.2) is 29.9 Å². The molecule has 1 aliphatic rings. The molecule has 1 heterocycles. The number of hydrogen-bond donors (Lipinski definition) is 2. The lowest BCUT2D eigenvalue weighted by atomic mass is 10.0. The maximum absolute atomic E-state index is 11.9. The molecule has 4 nitrogen and oxygen atoms in total. The minimum atomic E-state index is 0.0487. The molecule has 0 radical (unpaired) electrons. The number of nitrogens with two attached hydrogens (primary N) is 1. The van der Waals surface area contributed by atoms with Gasteiger partial charge in [0, 0.05) is 12.5 Å². The summed E-state index contributed by atoms with van der Waals surface area (Å²) in [5.74, 6) is 0.0487. The molecule has 4 heteroatoms. The van der Waals surface area contributed by atoms with Crippen LogP contribution >= 0.6 is 0 Å². The molecule has 0 spiro atoms. The average Bonchev–Trinajstić information content (AvgIpc) is 2.43. The van der Waals surface area contributed by atoms with Gasteiger partial charge in [-0.3, -0.25) is 4.79 Å². The predicted molar refractivity (Wildman–Crippen MR) is 83.6 cm³/mol. The van der Waals surface area contributed by atoms with E-state index in [1.807, 2.05) is 18.2 Å². The Morgan fingerprint density at radius 3 is 2.95 bits per heavy atom. The van der Waals surface area contributed by atoms with Crippen molar-refractivity contribution in [2.75, 3.05) is 24.1 Å². The van der Waals surface area contributed by atoms with Crippen LogP contribution in [0.1, 0.15) is 39.0 Å². The summed E-state index contributed by atoms with van der Waals surface area (Å²) in [5, 5.41) is 2.88. The number of nitrogen functional groups attached to an aromatic ring is 1. The lowest BCUT2D eigenvalue weighted by Crippen LogP contribution is -2.38. The summed E-state index contributed by atoms with van der Waals surface area (Å²) in [6.07, 6.45) is 5.37. The van der Waals surface area contributed by atoms with Crippen LogP contribution in [0, 0.1) is 0 Å². The summed E-state index contributed by atoms with van der Waals surface area (Å²) in [7, 11) is 0. The third-order valence-electron chi connectivity index (χ3n) is 4.02. The summed E-state index contributed by atoms with van der Waals surface area (Å²) in [6.45, 7) is 4.47. The number of likely N-dealkylation sites (tertiary alicyclic amines) is 1. The highest BCUT2D eigenvalue weighted by atomic mass is 16.1. The number of benzene rings is 1. The Kier molecular flexibility index (Phi) is 5.41. The van der Waals surface area contributed by atoms with E-state index in [1.165, 1.54) is 25.8 Å². The van der Waals surface area contributed by atoms with Crippen LogP contribution in [-0.2, 0) is 4.79 Å². The smallest absolute Gasteiger partial charge is 0.224 e. The fourth-order valence-corrected chi connectivity index (χ4v) is 2.76. The quantitative estimate of drug-likeness (QED) is 0.812. The highest BCUT2D eigenvalue weighted by Gasteiger charge is 2.17. The fourth-order valence-electron chi connectivity index (χ4n) is 2.76. The van der Waals surface area contributed by atoms with E-state index >= 15 is 0 Å². The minimum absolute atomic E-state index is 0.0487. The lowest BCUT2D eigenvalue weighted by molar-refractivity contribution is -0.116. The first-order valence-electron chi connectivity index (χ1n) is 7.55. The molecule has 0 bridgehead atoms. The Labute approximate surface area is 121 Å². The highest BCUT2D eigenvalue weighted by molar-refractivity contribution is 5.93. The summed E-state index contributed by atoms with van der Waals surface area (Å²) < 4.78 is 0. The number of para-hydroxylation sites is 2. The Bertz CT molecular complexity index is 447. The van der Waals surface area contributed by atoms with Gasteiger partial charge in [0.05, 0.1) is 11.4 Å². The van der Waals surface area contributed by atoms with E-state index in [-0.39, 0.29) is 5.91 Å². The Hall–Kier alpha value is -1.55. The molecule has 110 valence electrons. The third-order valence-corrected chi connectivity index (χ3v) is 4.02. The molecule has 1 aromatic carbocycles. The Morgan fingerprint density at radius 1 is 1.40 bits per heavy atom. The fraction of sp³-hybridized carbons (Fsp3) is 0.562. The van der Waals surface area contributed by atoms with Crippen LogP contribution in [0.25, 0.3) is 0 Å². The highest BCUT2D eigenvalue weighted by Crippen LogP contribution is 2.18. The number of carbonyl (C=O) groups excluding carboxylic acids is 1. The van der Waals surface area contributed by atoms with Crippen molar-refractivity contribution in [3.05, 3.63) is 24.3 Å². The number of nitrogens with zero attached hydrogens (tertiary/aromatic N) is 1. The molecule has 1 saturated heterocycles. The van der Waals surface area contributed by atoms with Gasteiger partial charge in [-0.05, 0) is 51.4 Å². The standard InChI is InChI=1S/C16H25N3O/c1-13-7-4-5-11-19(13)12-6-10-16(20)18-15-9-3-2-8-14(15)17/h2-3,8-9,13H,4-7,10-12,17H2,1H3,(H,18,20). The molecule has 1 amide bonds. The second-order valence-electron chi connectivity index (χ2n) is 5.62. The second-order valence-corrected chi connectivity index (χ2v) is 5.62. The van der Waals surface area contributed by atoms with Crippen LogP contribution in [0.5, 0.6) is 0 Å². The average molecular weight is 275 g/mol. The molecule has 1 unspecified atom stereocenters. The zero-order valence-electron chi connectivity index (χ0n) is 12.3. The Morgan fingerprint density at radius 2 is 2.20 bits per heavy atom. The molecule has 1 fully saturated rings. The molecule has 1 aromatic rings. The van der Waals surface area contributed by atoms with Gasteiger partial charge in [-0.2, -0.15) is 0 Å². The van der Waals surface area contributed by atoms with Gasteiger partial charge in [-0.25, -0.2) is 0 Å². The Balaban J connectivity index is 1.71. The predicted octanol–water partition coefficient (Wildman–Crippen LogP) is 2.86. The molecule has 20 heavy (non-hydrogen) atoms. The van der Waals surface area contributed by atoms with Gasteiger partial charge in [-0.1, -0.05) is 18.6 Å². The van der Waals surface area contributed by atoms with Gasteiger partial charge >= 0.3 is 0 Å². The normalized spacial score (nSPS) is 19.8. The van der Waals surface area contributed by atoms with Crippen LogP contribution < -0.4 is 11.1 Å². The molecule has 0 aromatic heterocycles. The van der Waals surface area contributed by atoms with E-state index in [1.54, 1.807) is 6.07 Å². The first-order chi connectivity index (χ1) is 9.66. The van der Waals surface area contributed by atoms with E-state index < -0.39 is 0 Å². The largest absolute Gasteiger partial charge is 0.397 e. The molecular formula is C16H25N3O. The van der Waals surface area contributed by atoms with E-state index in [9.17, 15) is 4.79 Å². The number of nitrogens with one attached hydrogen (secondary N) is 1. The topological polar surface area (TPSA) is 58.4 Å². The number of carbonyl (C=O) groups is 1. The summed E-state index contributed by atoms with van der Waals surface area (Å²) in [4.78, 5) is 14.4. The van der Waals surface area contributed by atoms with Crippen LogP contribution in [0.4, 0.5) is 11.4 Å². The summed E-state index contributed by atoms with van der Waals surface area (Å²) in [5.41, 5.74) is 7.14. The molecule has 2 rings (SSSR count). The first kappa shape index (κ1) is 14.9. The van der Waals surface area contributed by atoms with E-state index in [2.05, 4.69) is 17.1 Å². The van der Waals surface area contributed by atoms with Crippen molar-refractivity contribution in [1.82, 2.24) is 4.90 Å². The van der Waals surface area contributed by atoms with E-state index in [0.29, 0.717) is 23.8 Å². The molecule has 3 N–H and O–H groups in total. The van der Waals surface area contributed by atoms with Gasteiger partial charge in [-0.15, -0.1) is 0 Å². The van der Waals surface area contributed by atoms with Gasteiger partial charge in [0.15, 0.2) is 0 Å². The molecule has 0 saturated carbocycles. The van der Waals surface area contributed by atoms with Crippen LogP contribution in [0.2, 0.25) is 0 Å². The van der Waals surface area contributed by atoms with Gasteiger partial charge in [0.2, 0.25) is 5.91 Å². The number of anilines is 2. The van der Waals surface area contributed by atoms with Gasteiger partial charge in [0.1, 0.15) is 0 Å². The summed E-state index contributed by atoms with van der Waals surface area (Å²) in [6, 6.07) is 8.03. The van der Waals surface area contributed by atoms with Crippen LogP contribution in [0.15, 0.2) is 24.3 Å². The van der Waals surface area contributed by atoms with Gasteiger partial charge < -0.3 is 16.0 Å². The van der Waals surface area contributed by atoms with Crippen molar-refractivity contribution in [2.24, 2.45) is 0 Å². The molecule has 0 aliphatic carbocycles. The summed E-state index contributed by atoms with van der Waals surface area (Å²) >= 11 is 0. The number of piperidine rings is 1. The number of hydrogen-bond acceptors (Lipinski definition) is 3. The van der Waals surface area contributed by atoms with Gasteiger partial charge in [0.25, 0.3) is 0 Å². The lowest BCUT2D eigenvalue weighted by Gasteiger charge is -2.33. The molecule has 1 atom stereocenters. The zero-order valence-corrected chi connectivity index (χ0v) is 12.3. The van der Waals surface area contributed by atoms with E-state index in [0.717, 1.165) is 13.0 Å². The van der Waals surface area contributed by atoms with Crippen molar-refractivity contribution in [2.45, 2.75) is 45.1 Å². The van der Waals surface area contributed by atoms with Crippen molar-refractivity contribution >= 4 is 17.3 Å². The van der Waals surface area contributed by atoms with E-state index in [4.69, 9.17) is 5.73 Å².